The van der Waals surface area contributed by atoms with Crippen LogP contribution in [0.3, 0.4) is 0 Å². The normalized spacial score (nSPS) is 11.4. The molecular formula is C12H18N4S. The van der Waals surface area contributed by atoms with Crippen LogP contribution in [-0.4, -0.2) is 26.5 Å². The van der Waals surface area contributed by atoms with Crippen molar-refractivity contribution in [1.82, 2.24) is 19.4 Å². The molecule has 0 aliphatic heterocycles. The number of nitrogens with zero attached hydrogens (tertiary/aromatic N) is 4. The van der Waals surface area contributed by atoms with Gasteiger partial charge in [0.05, 0.1) is 23.4 Å². The van der Waals surface area contributed by atoms with Gasteiger partial charge >= 0.3 is 0 Å². The fraction of sp³-hybridized carbons (Fsp3) is 0.500. The Morgan fingerprint density at radius 2 is 2.12 bits per heavy atom. The molecule has 0 aliphatic carbocycles. The zero-order valence-electron chi connectivity index (χ0n) is 10.8. The molecule has 0 radical (unpaired) electrons. The molecule has 2 aromatic heterocycles. The summed E-state index contributed by atoms with van der Waals surface area (Å²) in [4.78, 5) is 11.1. The lowest BCUT2D eigenvalue weighted by molar-refractivity contribution is 0.303. The highest BCUT2D eigenvalue weighted by atomic mass is 32.1. The molecule has 92 valence electrons. The lowest BCUT2D eigenvalue weighted by Crippen LogP contribution is -2.19. The Morgan fingerprint density at radius 1 is 1.35 bits per heavy atom. The van der Waals surface area contributed by atoms with Crippen molar-refractivity contribution in [3.05, 3.63) is 33.8 Å². The Hall–Kier alpha value is -1.20. The summed E-state index contributed by atoms with van der Waals surface area (Å²) in [6, 6.07) is 0. The molecule has 2 rings (SSSR count). The number of aryl methyl sites for hydroxylation is 1. The van der Waals surface area contributed by atoms with Gasteiger partial charge in [-0.3, -0.25) is 4.90 Å². The van der Waals surface area contributed by atoms with E-state index in [9.17, 15) is 0 Å². The zero-order chi connectivity index (χ0) is 12.4. The van der Waals surface area contributed by atoms with Gasteiger partial charge < -0.3 is 4.57 Å². The van der Waals surface area contributed by atoms with E-state index in [4.69, 9.17) is 0 Å². The molecule has 0 spiro atoms. The molecule has 2 heterocycles. The van der Waals surface area contributed by atoms with Crippen molar-refractivity contribution in [2.24, 2.45) is 7.05 Å². The number of imidazole rings is 1. The fourth-order valence-electron chi connectivity index (χ4n) is 1.82. The van der Waals surface area contributed by atoms with Crippen molar-refractivity contribution in [2.45, 2.75) is 26.9 Å². The molecular weight excluding hydrogens is 232 g/mol. The van der Waals surface area contributed by atoms with Crippen LogP contribution in [0.2, 0.25) is 0 Å². The van der Waals surface area contributed by atoms with Gasteiger partial charge in [-0.05, 0) is 20.9 Å². The first-order valence-corrected chi connectivity index (χ1v) is 6.56. The molecule has 0 atom stereocenters. The van der Waals surface area contributed by atoms with E-state index in [-0.39, 0.29) is 0 Å². The van der Waals surface area contributed by atoms with Crippen LogP contribution >= 0.6 is 11.3 Å². The molecule has 0 aliphatic rings. The minimum Gasteiger partial charge on any atom is -0.334 e. The van der Waals surface area contributed by atoms with Crippen LogP contribution in [-0.2, 0) is 20.1 Å². The summed E-state index contributed by atoms with van der Waals surface area (Å²) < 4.78 is 2.16. The predicted molar refractivity (Wildman–Crippen MR) is 70.0 cm³/mol. The third kappa shape index (κ3) is 2.73. The van der Waals surface area contributed by atoms with Crippen LogP contribution in [0.25, 0.3) is 0 Å². The van der Waals surface area contributed by atoms with Crippen LogP contribution in [0.1, 0.15) is 22.9 Å². The molecule has 0 amide bonds. The second-order valence-corrected chi connectivity index (χ2v) is 5.13. The van der Waals surface area contributed by atoms with E-state index in [1.54, 1.807) is 11.3 Å². The average molecular weight is 250 g/mol. The lowest BCUT2D eigenvalue weighted by Gasteiger charge is -2.15. The number of thiazole rings is 1. The third-order valence-corrected chi connectivity index (χ3v) is 3.67. The minimum absolute atomic E-state index is 0.850. The standard InChI is InChI=1S/C12H18N4S/c1-9-10(2)16(4)12(14-9)6-15(3)5-11-7-17-8-13-11/h7-8H,5-6H2,1-4H3. The first-order chi connectivity index (χ1) is 8.08. The number of aromatic nitrogens is 3. The summed E-state index contributed by atoms with van der Waals surface area (Å²) in [6.45, 7) is 5.88. The predicted octanol–water partition coefficient (Wildman–Crippen LogP) is 2.13. The largest absolute Gasteiger partial charge is 0.334 e. The van der Waals surface area contributed by atoms with Crippen molar-refractivity contribution in [3.8, 4) is 0 Å². The van der Waals surface area contributed by atoms with Crippen LogP contribution < -0.4 is 0 Å². The summed E-state index contributed by atoms with van der Waals surface area (Å²) in [5, 5.41) is 2.09. The van der Waals surface area contributed by atoms with Gasteiger partial charge in [-0.2, -0.15) is 0 Å². The van der Waals surface area contributed by atoms with Crippen molar-refractivity contribution < 1.29 is 0 Å². The highest BCUT2D eigenvalue weighted by Crippen LogP contribution is 2.11. The van der Waals surface area contributed by atoms with Crippen molar-refractivity contribution >= 4 is 11.3 Å². The maximum atomic E-state index is 4.58. The summed E-state index contributed by atoms with van der Waals surface area (Å²) in [6.07, 6.45) is 0. The van der Waals surface area contributed by atoms with Crippen molar-refractivity contribution in [2.75, 3.05) is 7.05 Å². The first-order valence-electron chi connectivity index (χ1n) is 5.62. The minimum atomic E-state index is 0.850. The van der Waals surface area contributed by atoms with Gasteiger partial charge in [0.25, 0.3) is 0 Å². The lowest BCUT2D eigenvalue weighted by atomic mass is 10.4. The maximum absolute atomic E-state index is 4.58. The molecule has 0 aromatic carbocycles. The maximum Gasteiger partial charge on any atom is 0.123 e. The first kappa shape index (κ1) is 12.3. The van der Waals surface area contributed by atoms with Gasteiger partial charge in [0.2, 0.25) is 0 Å². The molecule has 2 aromatic rings. The van der Waals surface area contributed by atoms with E-state index >= 15 is 0 Å². The van der Waals surface area contributed by atoms with Gasteiger partial charge in [-0.15, -0.1) is 11.3 Å². The molecule has 0 bridgehead atoms. The van der Waals surface area contributed by atoms with Gasteiger partial charge in [0, 0.05) is 24.7 Å². The van der Waals surface area contributed by atoms with E-state index in [1.165, 1.54) is 5.69 Å². The van der Waals surface area contributed by atoms with Gasteiger partial charge in [0.15, 0.2) is 0 Å². The summed E-state index contributed by atoms with van der Waals surface area (Å²) in [5.41, 5.74) is 5.35. The Balaban J connectivity index is 2.03. The molecule has 0 N–H and O–H groups in total. The highest BCUT2D eigenvalue weighted by molar-refractivity contribution is 7.07. The topological polar surface area (TPSA) is 34.0 Å². The molecule has 5 heteroatoms. The van der Waals surface area contributed by atoms with E-state index < -0.39 is 0 Å². The Bertz CT molecular complexity index is 487. The SMILES string of the molecule is Cc1nc(CN(C)Cc2cscn2)n(C)c1C. The molecule has 4 nitrogen and oxygen atoms in total. The van der Waals surface area contributed by atoms with E-state index in [0.29, 0.717) is 0 Å². The summed E-state index contributed by atoms with van der Waals surface area (Å²) in [5.74, 6) is 1.11. The molecule has 17 heavy (non-hydrogen) atoms. The van der Waals surface area contributed by atoms with E-state index in [1.807, 2.05) is 5.51 Å². The highest BCUT2D eigenvalue weighted by Gasteiger charge is 2.10. The summed E-state index contributed by atoms with van der Waals surface area (Å²) in [7, 11) is 4.17. The number of rotatable bonds is 4. The average Bonchev–Trinajstić information content (AvgIpc) is 2.85. The monoisotopic (exact) mass is 250 g/mol. The van der Waals surface area contributed by atoms with E-state index in [0.717, 1.165) is 30.3 Å². The zero-order valence-corrected chi connectivity index (χ0v) is 11.6. The Labute approximate surface area is 106 Å². The van der Waals surface area contributed by atoms with Crippen LogP contribution in [0.15, 0.2) is 10.9 Å². The van der Waals surface area contributed by atoms with Gasteiger partial charge in [-0.1, -0.05) is 0 Å². The van der Waals surface area contributed by atoms with Crippen molar-refractivity contribution in [1.29, 1.82) is 0 Å². The quantitative estimate of drug-likeness (QED) is 0.833. The molecule has 0 unspecified atom stereocenters. The Morgan fingerprint density at radius 3 is 2.65 bits per heavy atom. The van der Waals surface area contributed by atoms with Gasteiger partial charge in [-0.25, -0.2) is 9.97 Å². The molecule has 0 fully saturated rings. The second-order valence-electron chi connectivity index (χ2n) is 4.41. The second kappa shape index (κ2) is 4.98. The fourth-order valence-corrected chi connectivity index (χ4v) is 2.37. The smallest absolute Gasteiger partial charge is 0.123 e. The Kier molecular flexibility index (Phi) is 3.59. The number of hydrogen-bond acceptors (Lipinski definition) is 4. The van der Waals surface area contributed by atoms with E-state index in [2.05, 4.69) is 52.8 Å². The van der Waals surface area contributed by atoms with Gasteiger partial charge in [0.1, 0.15) is 5.82 Å². The number of hydrogen-bond donors (Lipinski definition) is 0. The molecule has 0 saturated carbocycles. The van der Waals surface area contributed by atoms with Crippen LogP contribution in [0.4, 0.5) is 0 Å². The van der Waals surface area contributed by atoms with Crippen LogP contribution in [0, 0.1) is 13.8 Å². The summed E-state index contributed by atoms with van der Waals surface area (Å²) >= 11 is 1.64. The van der Waals surface area contributed by atoms with Crippen molar-refractivity contribution in [3.63, 3.8) is 0 Å². The van der Waals surface area contributed by atoms with Crippen LogP contribution in [0.5, 0.6) is 0 Å². The molecule has 0 saturated heterocycles. The third-order valence-electron chi connectivity index (χ3n) is 3.04.